The molecule has 0 aliphatic carbocycles. The molecule has 1 aliphatic heterocycles. The van der Waals surface area contributed by atoms with Crippen LogP contribution in [0.25, 0.3) is 0 Å². The van der Waals surface area contributed by atoms with E-state index in [-0.39, 0.29) is 0 Å². The quantitative estimate of drug-likeness (QED) is 0.698. The molecule has 2 atom stereocenters. The second kappa shape index (κ2) is 6.85. The highest BCUT2D eigenvalue weighted by Crippen LogP contribution is 2.13. The minimum Gasteiger partial charge on any atom is -0.383 e. The van der Waals surface area contributed by atoms with Crippen molar-refractivity contribution in [3.05, 3.63) is 0 Å². The Hall–Kier alpha value is -0.630. The molecule has 0 aromatic rings. The third-order valence-corrected chi connectivity index (χ3v) is 3.39. The van der Waals surface area contributed by atoms with E-state index in [0.717, 1.165) is 32.8 Å². The van der Waals surface area contributed by atoms with Gasteiger partial charge in [0, 0.05) is 45.4 Å². The molecular formula is C12H23N3O. The third kappa shape index (κ3) is 3.75. The molecule has 4 nitrogen and oxygen atoms in total. The number of rotatable bonds is 5. The summed E-state index contributed by atoms with van der Waals surface area (Å²) in [6.45, 7) is 9.42. The van der Waals surface area contributed by atoms with E-state index in [1.807, 2.05) is 0 Å². The van der Waals surface area contributed by atoms with Crippen molar-refractivity contribution < 1.29 is 4.74 Å². The molecule has 0 saturated carbocycles. The summed E-state index contributed by atoms with van der Waals surface area (Å²) in [6.07, 6.45) is 0.630. The van der Waals surface area contributed by atoms with Gasteiger partial charge in [0.2, 0.25) is 0 Å². The fraction of sp³-hybridized carbons (Fsp3) is 0.917. The van der Waals surface area contributed by atoms with Gasteiger partial charge in [0.15, 0.2) is 0 Å². The molecule has 0 aromatic carbocycles. The molecule has 1 rings (SSSR count). The minimum atomic E-state index is 0.386. The molecule has 4 heteroatoms. The van der Waals surface area contributed by atoms with Crippen LogP contribution in [0.1, 0.15) is 20.3 Å². The topological polar surface area (TPSA) is 39.5 Å². The van der Waals surface area contributed by atoms with Crippen LogP contribution >= 0.6 is 0 Å². The summed E-state index contributed by atoms with van der Waals surface area (Å²) in [5.74, 6) is 0. The lowest BCUT2D eigenvalue weighted by molar-refractivity contribution is 0.0430. The van der Waals surface area contributed by atoms with Crippen LogP contribution in [0.5, 0.6) is 0 Å². The first-order chi connectivity index (χ1) is 7.69. The van der Waals surface area contributed by atoms with Gasteiger partial charge >= 0.3 is 0 Å². The number of piperazine rings is 1. The Morgan fingerprint density at radius 2 is 2.25 bits per heavy atom. The number of nitriles is 1. The molecule has 92 valence electrons. The smallest absolute Gasteiger partial charge is 0.0638 e. The highest BCUT2D eigenvalue weighted by Gasteiger charge is 2.25. The molecule has 0 bridgehead atoms. The fourth-order valence-corrected chi connectivity index (χ4v) is 2.23. The summed E-state index contributed by atoms with van der Waals surface area (Å²) >= 11 is 0. The summed E-state index contributed by atoms with van der Waals surface area (Å²) in [6, 6.07) is 3.20. The normalized spacial score (nSPS) is 25.2. The zero-order chi connectivity index (χ0) is 12.0. The van der Waals surface area contributed by atoms with Gasteiger partial charge in [-0.1, -0.05) is 0 Å². The number of nitrogens with zero attached hydrogens (tertiary/aromatic N) is 3. The third-order valence-electron chi connectivity index (χ3n) is 3.39. The van der Waals surface area contributed by atoms with Gasteiger partial charge in [-0.3, -0.25) is 9.80 Å². The Bertz CT molecular complexity index is 239. The van der Waals surface area contributed by atoms with Gasteiger partial charge in [-0.15, -0.1) is 0 Å². The van der Waals surface area contributed by atoms with Crippen LogP contribution < -0.4 is 0 Å². The molecule has 0 aromatic heterocycles. The molecule has 0 amide bonds. The van der Waals surface area contributed by atoms with Crippen molar-refractivity contribution in [2.75, 3.05) is 39.9 Å². The van der Waals surface area contributed by atoms with Gasteiger partial charge in [-0.25, -0.2) is 0 Å². The first-order valence-electron chi connectivity index (χ1n) is 6.03. The lowest BCUT2D eigenvalue weighted by atomic mass is 10.1. The molecule has 0 radical (unpaired) electrons. The predicted molar refractivity (Wildman–Crippen MR) is 64.2 cm³/mol. The summed E-state index contributed by atoms with van der Waals surface area (Å²) in [5, 5.41) is 8.70. The fourth-order valence-electron chi connectivity index (χ4n) is 2.23. The minimum absolute atomic E-state index is 0.386. The zero-order valence-electron chi connectivity index (χ0n) is 10.6. The monoisotopic (exact) mass is 225 g/mol. The van der Waals surface area contributed by atoms with Crippen molar-refractivity contribution >= 4 is 0 Å². The maximum Gasteiger partial charge on any atom is 0.0638 e. The number of hydrogen-bond donors (Lipinski definition) is 0. The lowest BCUT2D eigenvalue weighted by Gasteiger charge is -2.41. The molecule has 16 heavy (non-hydrogen) atoms. The molecule has 1 saturated heterocycles. The van der Waals surface area contributed by atoms with Gasteiger partial charge in [0.1, 0.15) is 0 Å². The van der Waals surface area contributed by atoms with Gasteiger partial charge in [0.25, 0.3) is 0 Å². The van der Waals surface area contributed by atoms with Crippen LogP contribution in [0.3, 0.4) is 0 Å². The van der Waals surface area contributed by atoms with Gasteiger partial charge < -0.3 is 4.74 Å². The predicted octanol–water partition coefficient (Wildman–Crippen LogP) is 0.941. The zero-order valence-corrected chi connectivity index (χ0v) is 10.6. The average molecular weight is 225 g/mol. The number of hydrogen-bond acceptors (Lipinski definition) is 4. The standard InChI is InChI=1S/C12H23N3O/c1-11(4-5-13)15-7-6-14(8-9-16-3)12(2)10-15/h11-12H,4,6-10H2,1-3H3/t11-,12+/m1/s1. The summed E-state index contributed by atoms with van der Waals surface area (Å²) in [4.78, 5) is 4.87. The van der Waals surface area contributed by atoms with Crippen LogP contribution in [0.15, 0.2) is 0 Å². The summed E-state index contributed by atoms with van der Waals surface area (Å²) in [5.41, 5.74) is 0. The maximum absolute atomic E-state index is 8.70. The van der Waals surface area contributed by atoms with Crippen LogP contribution in [0.4, 0.5) is 0 Å². The van der Waals surface area contributed by atoms with E-state index in [1.54, 1.807) is 7.11 Å². The maximum atomic E-state index is 8.70. The van der Waals surface area contributed by atoms with Gasteiger partial charge in [-0.05, 0) is 13.8 Å². The van der Waals surface area contributed by atoms with Crippen molar-refractivity contribution in [1.29, 1.82) is 5.26 Å². The molecule has 1 fully saturated rings. The molecule has 1 aliphatic rings. The SMILES string of the molecule is COCCN1CCN([C@H](C)CC#N)C[C@@H]1C. The first kappa shape index (κ1) is 13.4. The van der Waals surface area contributed by atoms with Crippen LogP contribution in [0, 0.1) is 11.3 Å². The van der Waals surface area contributed by atoms with Crippen molar-refractivity contribution in [2.24, 2.45) is 0 Å². The van der Waals surface area contributed by atoms with Crippen LogP contribution in [0.2, 0.25) is 0 Å². The van der Waals surface area contributed by atoms with Crippen molar-refractivity contribution in [2.45, 2.75) is 32.4 Å². The Kier molecular flexibility index (Phi) is 5.75. The van der Waals surface area contributed by atoms with Crippen molar-refractivity contribution in [3.8, 4) is 6.07 Å². The average Bonchev–Trinajstić information content (AvgIpc) is 2.27. The molecular weight excluding hydrogens is 202 g/mol. The largest absolute Gasteiger partial charge is 0.383 e. The number of ether oxygens (including phenoxy) is 1. The molecule has 0 spiro atoms. The van der Waals surface area contributed by atoms with E-state index < -0.39 is 0 Å². The van der Waals surface area contributed by atoms with Crippen LogP contribution in [-0.4, -0.2) is 61.8 Å². The molecule has 1 heterocycles. The van der Waals surface area contributed by atoms with Crippen LogP contribution in [-0.2, 0) is 4.74 Å². The van der Waals surface area contributed by atoms with Crippen molar-refractivity contribution in [1.82, 2.24) is 9.80 Å². The van der Waals surface area contributed by atoms with Gasteiger partial charge in [-0.2, -0.15) is 5.26 Å². The summed E-state index contributed by atoms with van der Waals surface area (Å²) < 4.78 is 5.11. The van der Waals surface area contributed by atoms with E-state index in [2.05, 4.69) is 29.7 Å². The first-order valence-corrected chi connectivity index (χ1v) is 6.03. The van der Waals surface area contributed by atoms with E-state index >= 15 is 0 Å². The van der Waals surface area contributed by atoms with Gasteiger partial charge in [0.05, 0.1) is 19.1 Å². The Balaban J connectivity index is 2.36. The van der Waals surface area contributed by atoms with Crippen molar-refractivity contribution in [3.63, 3.8) is 0 Å². The Labute approximate surface area is 98.8 Å². The van der Waals surface area contributed by atoms with E-state index in [4.69, 9.17) is 10.00 Å². The summed E-state index contributed by atoms with van der Waals surface area (Å²) in [7, 11) is 1.75. The van der Waals surface area contributed by atoms with E-state index in [0.29, 0.717) is 18.5 Å². The Morgan fingerprint density at radius 1 is 1.50 bits per heavy atom. The highest BCUT2D eigenvalue weighted by atomic mass is 16.5. The molecule has 0 unspecified atom stereocenters. The highest BCUT2D eigenvalue weighted by molar-refractivity contribution is 4.86. The molecule has 0 N–H and O–H groups in total. The second-order valence-corrected chi connectivity index (χ2v) is 4.58. The second-order valence-electron chi connectivity index (χ2n) is 4.58. The lowest BCUT2D eigenvalue weighted by Crippen LogP contribution is -2.54. The van der Waals surface area contributed by atoms with E-state index in [1.165, 1.54) is 0 Å². The Morgan fingerprint density at radius 3 is 2.81 bits per heavy atom. The number of methoxy groups -OCH3 is 1. The van der Waals surface area contributed by atoms with E-state index in [9.17, 15) is 0 Å².